The van der Waals surface area contributed by atoms with Crippen LogP contribution in [0, 0.1) is 0 Å². The molecule has 92 valence electrons. The average Bonchev–Trinajstić information content (AvgIpc) is 2.72. The first-order valence-corrected chi connectivity index (χ1v) is 7.40. The Bertz CT molecular complexity index is 394. The third kappa shape index (κ3) is 2.90. The van der Waals surface area contributed by atoms with Crippen LogP contribution in [0.5, 0.6) is 0 Å². The Kier molecular flexibility index (Phi) is 4.23. The van der Waals surface area contributed by atoms with Gasteiger partial charge in [-0.05, 0) is 24.0 Å². The molecule has 1 unspecified atom stereocenters. The van der Waals surface area contributed by atoms with Crippen LogP contribution >= 0.6 is 24.4 Å². The predicted molar refractivity (Wildman–Crippen MR) is 74.9 cm³/mol. The van der Waals surface area contributed by atoms with Gasteiger partial charge in [0.1, 0.15) is 0 Å². The monoisotopic (exact) mass is 268 g/mol. The molecule has 1 N–H and O–H groups in total. The third-order valence-electron chi connectivity index (χ3n) is 2.88. The number of benzene rings is 1. The standard InChI is InChI=1S/C12H16N2OS2/c1-17-10-4-2-9(3-5-10)11-8-14(6-7-16)12(15)13-11/h2-5,11,16H,6-8H2,1H3,(H,13,15). The highest BCUT2D eigenvalue weighted by Crippen LogP contribution is 2.23. The lowest BCUT2D eigenvalue weighted by Crippen LogP contribution is -2.29. The molecule has 1 atom stereocenters. The largest absolute Gasteiger partial charge is 0.329 e. The van der Waals surface area contributed by atoms with Crippen molar-refractivity contribution in [2.45, 2.75) is 10.9 Å². The Labute approximate surface area is 111 Å². The number of carbonyl (C=O) groups excluding carboxylic acids is 1. The minimum atomic E-state index is 0.0120. The Morgan fingerprint density at radius 3 is 2.76 bits per heavy atom. The second kappa shape index (κ2) is 5.69. The van der Waals surface area contributed by atoms with Crippen molar-refractivity contribution in [2.24, 2.45) is 0 Å². The van der Waals surface area contributed by atoms with Crippen LogP contribution in [0.4, 0.5) is 4.79 Å². The summed E-state index contributed by atoms with van der Waals surface area (Å²) < 4.78 is 0. The van der Waals surface area contributed by atoms with E-state index in [-0.39, 0.29) is 12.1 Å². The Balaban J connectivity index is 2.06. The number of thioether (sulfide) groups is 1. The van der Waals surface area contributed by atoms with Crippen LogP contribution in [-0.4, -0.2) is 36.0 Å². The quantitative estimate of drug-likeness (QED) is 0.649. The van der Waals surface area contributed by atoms with E-state index in [9.17, 15) is 4.79 Å². The van der Waals surface area contributed by atoms with Crippen LogP contribution in [0.25, 0.3) is 0 Å². The topological polar surface area (TPSA) is 32.3 Å². The maximum absolute atomic E-state index is 11.6. The molecular weight excluding hydrogens is 252 g/mol. The minimum Gasteiger partial charge on any atom is -0.329 e. The number of rotatable bonds is 4. The average molecular weight is 268 g/mol. The van der Waals surface area contributed by atoms with Crippen LogP contribution in [-0.2, 0) is 0 Å². The fraction of sp³-hybridized carbons (Fsp3) is 0.417. The summed E-state index contributed by atoms with van der Waals surface area (Å²) in [7, 11) is 0. The van der Waals surface area contributed by atoms with Crippen molar-refractivity contribution in [3.05, 3.63) is 29.8 Å². The highest BCUT2D eigenvalue weighted by molar-refractivity contribution is 7.98. The maximum Gasteiger partial charge on any atom is 0.318 e. The van der Waals surface area contributed by atoms with Crippen LogP contribution in [0.1, 0.15) is 11.6 Å². The van der Waals surface area contributed by atoms with E-state index >= 15 is 0 Å². The molecule has 2 rings (SSSR count). The summed E-state index contributed by atoms with van der Waals surface area (Å²) in [5.41, 5.74) is 1.16. The van der Waals surface area contributed by atoms with Crippen molar-refractivity contribution in [3.8, 4) is 0 Å². The van der Waals surface area contributed by atoms with E-state index in [0.29, 0.717) is 12.3 Å². The van der Waals surface area contributed by atoms with E-state index in [1.54, 1.807) is 16.7 Å². The summed E-state index contributed by atoms with van der Waals surface area (Å²) in [6.07, 6.45) is 2.06. The number of nitrogens with one attached hydrogen (secondary N) is 1. The van der Waals surface area contributed by atoms with Crippen molar-refractivity contribution in [1.29, 1.82) is 0 Å². The summed E-state index contributed by atoms with van der Waals surface area (Å²) in [6.45, 7) is 1.44. The molecule has 0 saturated carbocycles. The van der Waals surface area contributed by atoms with Gasteiger partial charge in [-0.2, -0.15) is 12.6 Å². The van der Waals surface area contributed by atoms with Crippen molar-refractivity contribution < 1.29 is 4.79 Å². The Morgan fingerprint density at radius 2 is 2.18 bits per heavy atom. The fourth-order valence-electron chi connectivity index (χ4n) is 1.93. The fourth-order valence-corrected chi connectivity index (χ4v) is 2.58. The molecule has 1 aliphatic heterocycles. The molecular formula is C12H16N2OS2. The molecule has 1 aromatic carbocycles. The minimum absolute atomic E-state index is 0.0120. The van der Waals surface area contributed by atoms with Crippen LogP contribution in [0.3, 0.4) is 0 Å². The highest BCUT2D eigenvalue weighted by atomic mass is 32.2. The van der Waals surface area contributed by atoms with E-state index in [1.807, 2.05) is 0 Å². The molecule has 1 saturated heterocycles. The molecule has 3 nitrogen and oxygen atoms in total. The number of thiol groups is 1. The molecule has 0 bridgehead atoms. The van der Waals surface area contributed by atoms with Gasteiger partial charge in [0.05, 0.1) is 6.04 Å². The van der Waals surface area contributed by atoms with E-state index in [2.05, 4.69) is 48.5 Å². The van der Waals surface area contributed by atoms with E-state index in [0.717, 1.165) is 12.1 Å². The highest BCUT2D eigenvalue weighted by Gasteiger charge is 2.28. The zero-order chi connectivity index (χ0) is 12.3. The molecule has 5 heteroatoms. The van der Waals surface area contributed by atoms with Gasteiger partial charge < -0.3 is 10.2 Å². The lowest BCUT2D eigenvalue weighted by atomic mass is 10.1. The molecule has 1 aromatic rings. The summed E-state index contributed by atoms with van der Waals surface area (Å²) in [5.74, 6) is 0.700. The summed E-state index contributed by atoms with van der Waals surface area (Å²) >= 11 is 5.88. The van der Waals surface area contributed by atoms with Gasteiger partial charge in [-0.25, -0.2) is 4.79 Å². The molecule has 1 heterocycles. The van der Waals surface area contributed by atoms with Gasteiger partial charge >= 0.3 is 6.03 Å². The first kappa shape index (κ1) is 12.6. The number of carbonyl (C=O) groups is 1. The predicted octanol–water partition coefficient (Wildman–Crippen LogP) is 2.40. The van der Waals surface area contributed by atoms with Crippen molar-refractivity contribution in [2.75, 3.05) is 25.1 Å². The van der Waals surface area contributed by atoms with E-state index in [1.165, 1.54) is 4.90 Å². The summed E-state index contributed by atoms with van der Waals surface area (Å²) in [5, 5.41) is 2.99. The van der Waals surface area contributed by atoms with Gasteiger partial charge in [0.2, 0.25) is 0 Å². The molecule has 2 amide bonds. The first-order valence-electron chi connectivity index (χ1n) is 5.55. The van der Waals surface area contributed by atoms with Gasteiger partial charge in [0.15, 0.2) is 0 Å². The lowest BCUT2D eigenvalue weighted by Gasteiger charge is -2.13. The van der Waals surface area contributed by atoms with Crippen molar-refractivity contribution in [3.63, 3.8) is 0 Å². The second-order valence-electron chi connectivity index (χ2n) is 3.94. The van der Waals surface area contributed by atoms with Gasteiger partial charge in [-0.15, -0.1) is 11.8 Å². The number of nitrogens with zero attached hydrogens (tertiary/aromatic N) is 1. The first-order chi connectivity index (χ1) is 8.24. The Hall–Kier alpha value is -0.810. The van der Waals surface area contributed by atoms with Crippen molar-refractivity contribution in [1.82, 2.24) is 10.2 Å². The number of urea groups is 1. The molecule has 1 aliphatic rings. The lowest BCUT2D eigenvalue weighted by molar-refractivity contribution is 0.220. The van der Waals surface area contributed by atoms with Crippen LogP contribution in [0.2, 0.25) is 0 Å². The molecule has 1 fully saturated rings. The van der Waals surface area contributed by atoms with Gasteiger partial charge in [-0.3, -0.25) is 0 Å². The molecule has 0 aliphatic carbocycles. The number of hydrogen-bond donors (Lipinski definition) is 2. The van der Waals surface area contributed by atoms with E-state index < -0.39 is 0 Å². The summed E-state index contributed by atoms with van der Waals surface area (Å²) in [6, 6.07) is 8.47. The molecule has 0 spiro atoms. The molecule has 17 heavy (non-hydrogen) atoms. The smallest absolute Gasteiger partial charge is 0.318 e. The zero-order valence-corrected chi connectivity index (χ0v) is 11.4. The maximum atomic E-state index is 11.6. The number of hydrogen-bond acceptors (Lipinski definition) is 3. The van der Waals surface area contributed by atoms with Crippen LogP contribution < -0.4 is 5.32 Å². The number of amides is 2. The summed E-state index contributed by atoms with van der Waals surface area (Å²) in [4.78, 5) is 14.7. The molecule has 0 aromatic heterocycles. The normalized spacial score (nSPS) is 19.5. The third-order valence-corrected chi connectivity index (χ3v) is 3.82. The zero-order valence-electron chi connectivity index (χ0n) is 9.72. The van der Waals surface area contributed by atoms with Crippen LogP contribution in [0.15, 0.2) is 29.2 Å². The Morgan fingerprint density at radius 1 is 1.47 bits per heavy atom. The SMILES string of the molecule is CSc1ccc(C2CN(CCS)C(=O)N2)cc1. The van der Waals surface area contributed by atoms with E-state index in [4.69, 9.17) is 0 Å². The van der Waals surface area contributed by atoms with Crippen molar-refractivity contribution >= 4 is 30.4 Å². The van der Waals surface area contributed by atoms with Gasteiger partial charge in [-0.1, -0.05) is 12.1 Å². The second-order valence-corrected chi connectivity index (χ2v) is 5.27. The molecule has 0 radical (unpaired) electrons. The van der Waals surface area contributed by atoms with Gasteiger partial charge in [0, 0.05) is 23.7 Å². The van der Waals surface area contributed by atoms with Gasteiger partial charge in [0.25, 0.3) is 0 Å².